The Morgan fingerprint density at radius 2 is 2.04 bits per heavy atom. The number of rotatable bonds is 4. The Balaban J connectivity index is 1.50. The van der Waals surface area contributed by atoms with Crippen LogP contribution in [0, 0.1) is 0 Å². The quantitative estimate of drug-likeness (QED) is 0.786. The maximum Gasteiger partial charge on any atom is 0.220 e. The standard InChI is InChI=1S/C21H25N3O2/c25-18(8-7-15-4-3-11-23-14-15)24-19-16-5-1-2-6-17(16)21(20(19)26)9-12-22-13-10-21/h1-6,11,14,19-20,22,26H,7-10,12-13H2,(H,24,25)/t19-,20+/m1/s1. The zero-order valence-electron chi connectivity index (χ0n) is 14.8. The van der Waals surface area contributed by atoms with Gasteiger partial charge in [0.2, 0.25) is 5.91 Å². The maximum absolute atomic E-state index is 12.5. The predicted molar refractivity (Wildman–Crippen MR) is 99.7 cm³/mol. The van der Waals surface area contributed by atoms with Crippen LogP contribution in [0.15, 0.2) is 48.8 Å². The molecule has 0 radical (unpaired) electrons. The molecule has 5 nitrogen and oxygen atoms in total. The lowest BCUT2D eigenvalue weighted by Crippen LogP contribution is -2.48. The highest BCUT2D eigenvalue weighted by Crippen LogP contribution is 2.49. The second-order valence-electron chi connectivity index (χ2n) is 7.34. The van der Waals surface area contributed by atoms with Gasteiger partial charge >= 0.3 is 0 Å². The Bertz CT molecular complexity index is 772. The molecule has 136 valence electrons. The predicted octanol–water partition coefficient (Wildman–Crippen LogP) is 1.87. The molecule has 2 atom stereocenters. The van der Waals surface area contributed by atoms with Crippen LogP contribution in [0.3, 0.4) is 0 Å². The zero-order chi connectivity index (χ0) is 18.0. The molecule has 1 aromatic heterocycles. The fraction of sp³-hybridized carbons (Fsp3) is 0.429. The van der Waals surface area contributed by atoms with Gasteiger partial charge in [-0.25, -0.2) is 0 Å². The highest BCUT2D eigenvalue weighted by molar-refractivity contribution is 5.77. The SMILES string of the molecule is O=C(CCc1cccnc1)N[C@@H]1c2ccccc2C2(CCNCC2)[C@H]1O. The number of hydrogen-bond acceptors (Lipinski definition) is 4. The summed E-state index contributed by atoms with van der Waals surface area (Å²) in [6.45, 7) is 1.79. The molecule has 5 heteroatoms. The van der Waals surface area contributed by atoms with Crippen molar-refractivity contribution in [2.24, 2.45) is 0 Å². The van der Waals surface area contributed by atoms with Gasteiger partial charge in [-0.05, 0) is 55.1 Å². The van der Waals surface area contributed by atoms with Crippen LogP contribution in [0.4, 0.5) is 0 Å². The van der Waals surface area contributed by atoms with Crippen LogP contribution < -0.4 is 10.6 Å². The summed E-state index contributed by atoms with van der Waals surface area (Å²) in [5, 5.41) is 17.6. The third-order valence-corrected chi connectivity index (χ3v) is 5.89. The molecular weight excluding hydrogens is 326 g/mol. The number of piperidine rings is 1. The Morgan fingerprint density at radius 3 is 2.81 bits per heavy atom. The van der Waals surface area contributed by atoms with Gasteiger partial charge in [0, 0.05) is 24.2 Å². The number of pyridine rings is 1. The highest BCUT2D eigenvalue weighted by atomic mass is 16.3. The molecule has 1 aromatic carbocycles. The molecule has 3 N–H and O–H groups in total. The van der Waals surface area contributed by atoms with Crippen LogP contribution in [0.1, 0.15) is 42.0 Å². The van der Waals surface area contributed by atoms with E-state index >= 15 is 0 Å². The topological polar surface area (TPSA) is 74.2 Å². The van der Waals surface area contributed by atoms with E-state index in [1.165, 1.54) is 5.56 Å². The average Bonchev–Trinajstić information content (AvgIpc) is 2.91. The van der Waals surface area contributed by atoms with Crippen molar-refractivity contribution >= 4 is 5.91 Å². The van der Waals surface area contributed by atoms with Crippen molar-refractivity contribution in [3.8, 4) is 0 Å². The van der Waals surface area contributed by atoms with Crippen LogP contribution >= 0.6 is 0 Å². The summed E-state index contributed by atoms with van der Waals surface area (Å²) >= 11 is 0. The Morgan fingerprint density at radius 1 is 1.23 bits per heavy atom. The van der Waals surface area contributed by atoms with Crippen molar-refractivity contribution in [2.75, 3.05) is 13.1 Å². The summed E-state index contributed by atoms with van der Waals surface area (Å²) in [5.41, 5.74) is 3.07. The minimum Gasteiger partial charge on any atom is -0.390 e. The molecule has 26 heavy (non-hydrogen) atoms. The van der Waals surface area contributed by atoms with Crippen molar-refractivity contribution in [1.29, 1.82) is 0 Å². The molecule has 0 saturated carbocycles. The lowest BCUT2D eigenvalue weighted by molar-refractivity contribution is -0.123. The number of carbonyl (C=O) groups excluding carboxylic acids is 1. The Kier molecular flexibility index (Phi) is 4.74. The first-order valence-electron chi connectivity index (χ1n) is 9.37. The van der Waals surface area contributed by atoms with Crippen LogP contribution in [-0.2, 0) is 16.6 Å². The number of nitrogens with zero attached hydrogens (tertiary/aromatic N) is 1. The minimum absolute atomic E-state index is 0.0290. The summed E-state index contributed by atoms with van der Waals surface area (Å²) in [5.74, 6) is -0.0290. The third-order valence-electron chi connectivity index (χ3n) is 5.89. The van der Waals surface area contributed by atoms with Gasteiger partial charge in [-0.3, -0.25) is 9.78 Å². The molecule has 1 amide bonds. The molecule has 0 unspecified atom stereocenters. The molecule has 0 bridgehead atoms. The normalized spacial score (nSPS) is 23.6. The van der Waals surface area contributed by atoms with E-state index in [0.29, 0.717) is 12.8 Å². The minimum atomic E-state index is -0.579. The van der Waals surface area contributed by atoms with Gasteiger partial charge in [0.1, 0.15) is 0 Å². The van der Waals surface area contributed by atoms with Gasteiger partial charge in [-0.2, -0.15) is 0 Å². The smallest absolute Gasteiger partial charge is 0.220 e. The second-order valence-corrected chi connectivity index (χ2v) is 7.34. The highest BCUT2D eigenvalue weighted by Gasteiger charge is 2.51. The van der Waals surface area contributed by atoms with Gasteiger partial charge < -0.3 is 15.7 Å². The van der Waals surface area contributed by atoms with E-state index in [1.54, 1.807) is 12.4 Å². The summed E-state index contributed by atoms with van der Waals surface area (Å²) in [6.07, 6.45) is 5.78. The largest absolute Gasteiger partial charge is 0.390 e. The number of aromatic nitrogens is 1. The first-order valence-corrected chi connectivity index (χ1v) is 9.37. The monoisotopic (exact) mass is 351 g/mol. The maximum atomic E-state index is 12.5. The molecule has 1 fully saturated rings. The van der Waals surface area contributed by atoms with Crippen molar-refractivity contribution in [2.45, 2.75) is 43.2 Å². The zero-order valence-corrected chi connectivity index (χ0v) is 14.8. The first kappa shape index (κ1) is 17.2. The van der Waals surface area contributed by atoms with E-state index < -0.39 is 6.10 Å². The Labute approximate surface area is 153 Å². The second kappa shape index (κ2) is 7.17. The Hall–Kier alpha value is -2.24. The number of benzene rings is 1. The molecular formula is C21H25N3O2. The molecule has 2 aromatic rings. The van der Waals surface area contributed by atoms with Crippen molar-refractivity contribution in [3.05, 3.63) is 65.5 Å². The van der Waals surface area contributed by atoms with Crippen LogP contribution in [-0.4, -0.2) is 35.2 Å². The van der Waals surface area contributed by atoms with Gasteiger partial charge in [0.05, 0.1) is 12.1 Å². The number of hydrogen-bond donors (Lipinski definition) is 3. The number of nitrogens with one attached hydrogen (secondary N) is 2. The summed E-state index contributed by atoms with van der Waals surface area (Å²) in [6, 6.07) is 11.7. The van der Waals surface area contributed by atoms with E-state index in [1.807, 2.05) is 30.3 Å². The molecule has 2 aliphatic rings. The van der Waals surface area contributed by atoms with Crippen molar-refractivity contribution < 1.29 is 9.90 Å². The molecule has 2 heterocycles. The van der Waals surface area contributed by atoms with E-state index in [4.69, 9.17) is 0 Å². The number of amides is 1. The number of carbonyl (C=O) groups is 1. The van der Waals surface area contributed by atoms with Crippen LogP contribution in [0.5, 0.6) is 0 Å². The molecule has 1 aliphatic carbocycles. The molecule has 1 saturated heterocycles. The summed E-state index contributed by atoms with van der Waals surface area (Å²) < 4.78 is 0. The van der Waals surface area contributed by atoms with Crippen LogP contribution in [0.2, 0.25) is 0 Å². The lowest BCUT2D eigenvalue weighted by Gasteiger charge is -2.38. The van der Waals surface area contributed by atoms with Gasteiger partial charge in [0.25, 0.3) is 0 Å². The van der Waals surface area contributed by atoms with Gasteiger partial charge in [0.15, 0.2) is 0 Å². The van der Waals surface area contributed by atoms with E-state index in [0.717, 1.165) is 37.1 Å². The van der Waals surface area contributed by atoms with Crippen molar-refractivity contribution in [3.63, 3.8) is 0 Å². The number of aliphatic hydroxyl groups excluding tert-OH is 1. The van der Waals surface area contributed by atoms with E-state index in [2.05, 4.69) is 21.7 Å². The third kappa shape index (κ3) is 3.02. The van der Waals surface area contributed by atoms with Gasteiger partial charge in [-0.1, -0.05) is 30.3 Å². The summed E-state index contributed by atoms with van der Waals surface area (Å²) in [4.78, 5) is 16.6. The summed E-state index contributed by atoms with van der Waals surface area (Å²) in [7, 11) is 0. The number of fused-ring (bicyclic) bond motifs is 2. The molecule has 1 spiro atoms. The van der Waals surface area contributed by atoms with Gasteiger partial charge in [-0.15, -0.1) is 0 Å². The average molecular weight is 351 g/mol. The lowest BCUT2D eigenvalue weighted by atomic mass is 9.72. The molecule has 1 aliphatic heterocycles. The van der Waals surface area contributed by atoms with E-state index in [-0.39, 0.29) is 17.4 Å². The molecule has 4 rings (SSSR count). The fourth-order valence-corrected chi connectivity index (χ4v) is 4.51. The number of aryl methyl sites for hydroxylation is 1. The first-order chi connectivity index (χ1) is 12.7. The number of aliphatic hydroxyl groups is 1. The van der Waals surface area contributed by atoms with Crippen molar-refractivity contribution in [1.82, 2.24) is 15.6 Å². The fourth-order valence-electron chi connectivity index (χ4n) is 4.51. The van der Waals surface area contributed by atoms with E-state index in [9.17, 15) is 9.90 Å². The van der Waals surface area contributed by atoms with Crippen LogP contribution in [0.25, 0.3) is 0 Å².